The molecule has 5 rings (SSSR count). The van der Waals surface area contributed by atoms with E-state index in [4.69, 9.17) is 24.5 Å². The van der Waals surface area contributed by atoms with Crippen LogP contribution in [0, 0.1) is 13.8 Å². The first-order valence-corrected chi connectivity index (χ1v) is 15.6. The minimum Gasteiger partial charge on any atom is -0.456 e. The molecule has 3 aromatic rings. The Labute approximate surface area is 264 Å². The van der Waals surface area contributed by atoms with Crippen molar-refractivity contribution in [3.63, 3.8) is 0 Å². The van der Waals surface area contributed by atoms with Gasteiger partial charge in [-0.25, -0.2) is 0 Å². The van der Waals surface area contributed by atoms with Crippen molar-refractivity contribution in [2.75, 3.05) is 76.5 Å². The van der Waals surface area contributed by atoms with E-state index in [0.717, 1.165) is 63.8 Å². The van der Waals surface area contributed by atoms with Crippen molar-refractivity contribution in [3.8, 4) is 11.5 Å². The normalized spacial score (nSPS) is 14.0. The summed E-state index contributed by atoms with van der Waals surface area (Å²) < 4.78 is 23.6. The zero-order chi connectivity index (χ0) is 31.8. The van der Waals surface area contributed by atoms with Crippen LogP contribution in [0.15, 0.2) is 53.6 Å². The number of ether oxygens (including phenoxy) is 4. The maximum absolute atomic E-state index is 14.3. The predicted octanol–water partition coefficient (Wildman–Crippen LogP) is 6.38. The molecule has 45 heavy (non-hydrogen) atoms. The van der Waals surface area contributed by atoms with E-state index in [1.54, 1.807) is 0 Å². The first-order valence-electron chi connectivity index (χ1n) is 15.6. The maximum Gasteiger partial charge on any atom is 0.255 e. The summed E-state index contributed by atoms with van der Waals surface area (Å²) in [6, 6.07) is 16.3. The van der Waals surface area contributed by atoms with Crippen LogP contribution >= 0.6 is 0 Å². The van der Waals surface area contributed by atoms with Crippen LogP contribution in [0.1, 0.15) is 52.0 Å². The van der Waals surface area contributed by atoms with Crippen LogP contribution in [0.5, 0.6) is 11.5 Å². The van der Waals surface area contributed by atoms with Gasteiger partial charge in [-0.2, -0.15) is 0 Å². The number of benzene rings is 3. The summed E-state index contributed by atoms with van der Waals surface area (Å²) >= 11 is 0. The number of nitrogens with one attached hydrogen (secondary N) is 2. The quantitative estimate of drug-likeness (QED) is 0.0829. The fourth-order valence-electron chi connectivity index (χ4n) is 6.26. The highest BCUT2D eigenvalue weighted by Gasteiger charge is 2.56. The van der Waals surface area contributed by atoms with Crippen molar-refractivity contribution >= 4 is 17.3 Å². The number of rotatable bonds is 16. The van der Waals surface area contributed by atoms with Gasteiger partial charge >= 0.3 is 0 Å². The maximum atomic E-state index is 14.3. The molecule has 11 heteroatoms. The molecule has 2 aliphatic heterocycles. The highest BCUT2D eigenvalue weighted by molar-refractivity contribution is 6.02. The Balaban J connectivity index is 1.45. The number of carbonyl (C=O) groups excluding carboxylic acids is 1. The molecule has 1 spiro atoms. The number of hydrogen-bond acceptors (Lipinski definition) is 8. The van der Waals surface area contributed by atoms with E-state index < -0.39 is 5.54 Å². The fraction of sp³-hybridized carbons (Fsp3) is 0.441. The molecule has 0 saturated carbocycles. The first-order chi connectivity index (χ1) is 22.0. The number of azide groups is 1. The van der Waals surface area contributed by atoms with Gasteiger partial charge in [-0.1, -0.05) is 23.3 Å². The van der Waals surface area contributed by atoms with Crippen LogP contribution in [-0.2, 0) is 19.7 Å². The Morgan fingerprint density at radius 3 is 1.96 bits per heavy atom. The molecule has 0 aliphatic carbocycles. The Morgan fingerprint density at radius 1 is 0.822 bits per heavy atom. The third-order valence-electron chi connectivity index (χ3n) is 8.19. The van der Waals surface area contributed by atoms with Crippen LogP contribution < -0.4 is 15.4 Å². The van der Waals surface area contributed by atoms with Gasteiger partial charge in [-0.05, 0) is 68.1 Å². The van der Waals surface area contributed by atoms with E-state index in [0.29, 0.717) is 58.3 Å². The van der Waals surface area contributed by atoms with Crippen molar-refractivity contribution in [3.05, 3.63) is 92.4 Å². The summed E-state index contributed by atoms with van der Waals surface area (Å²) in [7, 11) is 0. The lowest BCUT2D eigenvalue weighted by molar-refractivity contribution is 0.00859. The molecule has 3 aromatic carbocycles. The lowest BCUT2D eigenvalue weighted by Gasteiger charge is -2.45. The van der Waals surface area contributed by atoms with Gasteiger partial charge in [0.1, 0.15) is 17.0 Å². The SMILES string of the molecule is CCNc1cc2c(cc1C)C1(c3cc(C)c(NCC)cc3O2)c2ccccc2C(=O)N1CCOCCOCCOCCN=[N+]=[N-]. The summed E-state index contributed by atoms with van der Waals surface area (Å²) in [5.41, 5.74) is 15.1. The number of amides is 1. The van der Waals surface area contributed by atoms with E-state index >= 15 is 0 Å². The second-order valence-electron chi connectivity index (χ2n) is 11.0. The van der Waals surface area contributed by atoms with Crippen LogP contribution in [0.2, 0.25) is 0 Å². The first kappa shape index (κ1) is 32.1. The van der Waals surface area contributed by atoms with E-state index in [1.165, 1.54) is 0 Å². The van der Waals surface area contributed by atoms with Crippen LogP contribution in [0.3, 0.4) is 0 Å². The molecule has 0 atom stereocenters. The van der Waals surface area contributed by atoms with E-state index in [9.17, 15) is 4.79 Å². The molecular weight excluding hydrogens is 572 g/mol. The van der Waals surface area contributed by atoms with Crippen molar-refractivity contribution in [1.29, 1.82) is 0 Å². The molecule has 1 amide bonds. The summed E-state index contributed by atoms with van der Waals surface area (Å²) in [6.45, 7) is 12.9. The number of carbonyl (C=O) groups is 1. The van der Waals surface area contributed by atoms with Crippen LogP contribution in [-0.4, -0.2) is 76.6 Å². The van der Waals surface area contributed by atoms with Gasteiger partial charge in [0.15, 0.2) is 0 Å². The van der Waals surface area contributed by atoms with E-state index in [2.05, 4.69) is 78.7 Å². The number of nitrogens with zero attached hydrogens (tertiary/aromatic N) is 4. The molecule has 238 valence electrons. The second-order valence-corrected chi connectivity index (χ2v) is 11.0. The largest absolute Gasteiger partial charge is 0.456 e. The topological polar surface area (TPSA) is 130 Å². The van der Waals surface area contributed by atoms with Gasteiger partial charge in [0, 0.05) is 71.3 Å². The summed E-state index contributed by atoms with van der Waals surface area (Å²) in [5, 5.41) is 10.3. The number of hydrogen-bond donors (Lipinski definition) is 2. The van der Waals surface area contributed by atoms with Gasteiger partial charge in [-0.3, -0.25) is 4.79 Å². The average Bonchev–Trinajstić information content (AvgIpc) is 3.28. The van der Waals surface area contributed by atoms with Gasteiger partial charge < -0.3 is 34.5 Å². The molecule has 2 heterocycles. The average molecular weight is 615 g/mol. The molecule has 2 N–H and O–H groups in total. The summed E-state index contributed by atoms with van der Waals surface area (Å²) in [4.78, 5) is 18.9. The Morgan fingerprint density at radius 2 is 1.38 bits per heavy atom. The molecule has 0 aromatic heterocycles. The third kappa shape index (κ3) is 6.30. The number of fused-ring (bicyclic) bond motifs is 6. The summed E-state index contributed by atoms with van der Waals surface area (Å²) in [5.74, 6) is 1.41. The zero-order valence-electron chi connectivity index (χ0n) is 26.5. The van der Waals surface area contributed by atoms with E-state index in [1.807, 2.05) is 23.1 Å². The number of aryl methyl sites for hydroxylation is 2. The molecule has 0 saturated heterocycles. The van der Waals surface area contributed by atoms with E-state index in [-0.39, 0.29) is 5.91 Å². The lowest BCUT2D eigenvalue weighted by atomic mass is 9.73. The van der Waals surface area contributed by atoms with Crippen molar-refractivity contribution < 1.29 is 23.7 Å². The number of anilines is 2. The molecular formula is C34H42N6O5. The molecule has 0 fully saturated rings. The molecule has 0 bridgehead atoms. The third-order valence-corrected chi connectivity index (χ3v) is 8.19. The van der Waals surface area contributed by atoms with Gasteiger partial charge in [0.2, 0.25) is 0 Å². The monoisotopic (exact) mass is 614 g/mol. The van der Waals surface area contributed by atoms with Crippen molar-refractivity contribution in [2.24, 2.45) is 5.11 Å². The Bertz CT molecular complexity index is 1510. The van der Waals surface area contributed by atoms with Crippen molar-refractivity contribution in [1.82, 2.24) is 4.90 Å². The molecule has 2 aliphatic rings. The molecule has 0 radical (unpaired) electrons. The molecule has 11 nitrogen and oxygen atoms in total. The highest BCUT2D eigenvalue weighted by Crippen LogP contribution is 2.58. The minimum atomic E-state index is -0.894. The predicted molar refractivity (Wildman–Crippen MR) is 175 cm³/mol. The summed E-state index contributed by atoms with van der Waals surface area (Å²) in [6.07, 6.45) is 0. The van der Waals surface area contributed by atoms with Gasteiger partial charge in [0.05, 0.1) is 39.6 Å². The smallest absolute Gasteiger partial charge is 0.255 e. The lowest BCUT2D eigenvalue weighted by Crippen LogP contribution is -2.48. The standard InChI is InChI=1S/C34H42N6O5/c1-5-36-29-21-31-27(19-23(29)3)34(28-20-24(4)30(37-6-2)22-32(28)45-31)26-10-8-7-9-25(26)33(41)40(34)12-14-43-16-18-44-17-15-42-13-11-38-39-35/h7-10,19-22,36-37H,5-6,11-18H2,1-4H3. The van der Waals surface area contributed by atoms with Crippen LogP contribution in [0.25, 0.3) is 10.4 Å². The Hall–Kier alpha value is -4.28. The van der Waals surface area contributed by atoms with Gasteiger partial charge in [0.25, 0.3) is 5.91 Å². The Kier molecular flexibility index (Phi) is 10.5. The van der Waals surface area contributed by atoms with Crippen LogP contribution in [0.4, 0.5) is 11.4 Å². The van der Waals surface area contributed by atoms with Crippen molar-refractivity contribution in [2.45, 2.75) is 33.2 Å². The highest BCUT2D eigenvalue weighted by atomic mass is 16.5. The minimum absolute atomic E-state index is 0.0380. The second kappa shape index (κ2) is 14.7. The fourth-order valence-corrected chi connectivity index (χ4v) is 6.26. The molecule has 0 unspecified atom stereocenters. The van der Waals surface area contributed by atoms with Gasteiger partial charge in [-0.15, -0.1) is 0 Å². The zero-order valence-corrected chi connectivity index (χ0v) is 26.5.